The average Bonchev–Trinajstić information content (AvgIpc) is 3.75. The number of para-hydroxylation sites is 2. The average molecular weight is 690 g/mol. The van der Waals surface area contributed by atoms with E-state index in [-0.39, 0.29) is 0 Å². The molecular formula is C47H27N7. The third-order valence-corrected chi connectivity index (χ3v) is 10.00. The number of hydrogen-bond acceptors (Lipinski definition) is 4. The van der Waals surface area contributed by atoms with E-state index in [0.717, 1.165) is 71.7 Å². The highest BCUT2D eigenvalue weighted by molar-refractivity contribution is 6.19. The van der Waals surface area contributed by atoms with E-state index in [9.17, 15) is 5.26 Å². The molecule has 10 aromatic rings. The van der Waals surface area contributed by atoms with Gasteiger partial charge in [-0.05, 0) is 54.6 Å². The number of nitrogens with zero attached hydrogens (tertiary/aromatic N) is 7. The predicted molar refractivity (Wildman–Crippen MR) is 216 cm³/mol. The fourth-order valence-electron chi connectivity index (χ4n) is 7.57. The molecule has 3 heterocycles. The molecule has 250 valence electrons. The number of rotatable bonds is 5. The fourth-order valence-corrected chi connectivity index (χ4v) is 7.57. The Morgan fingerprint density at radius 2 is 1.02 bits per heavy atom. The van der Waals surface area contributed by atoms with Gasteiger partial charge in [-0.25, -0.2) is 19.8 Å². The summed E-state index contributed by atoms with van der Waals surface area (Å²) in [5.41, 5.74) is 9.25. The van der Waals surface area contributed by atoms with E-state index in [1.165, 1.54) is 0 Å². The first-order valence-corrected chi connectivity index (χ1v) is 17.5. The van der Waals surface area contributed by atoms with Gasteiger partial charge in [-0.1, -0.05) is 109 Å². The fraction of sp³-hybridized carbons (Fsp3) is 0. The standard InChI is InChI=1S/C47H27N7/c1-49-34-17-12-18-35(26-34)53-41-21-10-8-19-36(41)38-27-39-37-20-9-11-22-42(37)54(44(39)28-43(38)53)40-24-23-32(25-33(40)29-48)47-51-45(30-13-4-2-5-14-30)50-46(52-47)31-15-6-3-7-16-31/h2-28H. The summed E-state index contributed by atoms with van der Waals surface area (Å²) in [4.78, 5) is 18.4. The molecule has 0 aliphatic rings. The first kappa shape index (κ1) is 30.9. The highest BCUT2D eigenvalue weighted by atomic mass is 15.0. The Morgan fingerprint density at radius 1 is 0.463 bits per heavy atom. The van der Waals surface area contributed by atoms with E-state index in [0.29, 0.717) is 28.7 Å². The molecule has 0 fully saturated rings. The van der Waals surface area contributed by atoms with Gasteiger partial charge >= 0.3 is 0 Å². The molecule has 0 atom stereocenters. The summed E-state index contributed by atoms with van der Waals surface area (Å²) < 4.78 is 4.41. The van der Waals surface area contributed by atoms with Crippen LogP contribution in [0.1, 0.15) is 5.56 Å². The highest BCUT2D eigenvalue weighted by Crippen LogP contribution is 2.40. The van der Waals surface area contributed by atoms with E-state index in [2.05, 4.69) is 68.6 Å². The van der Waals surface area contributed by atoms with Gasteiger partial charge in [0.15, 0.2) is 23.2 Å². The highest BCUT2D eigenvalue weighted by Gasteiger charge is 2.21. The minimum Gasteiger partial charge on any atom is -0.310 e. The van der Waals surface area contributed by atoms with Gasteiger partial charge in [0.2, 0.25) is 0 Å². The molecule has 7 heteroatoms. The maximum Gasteiger partial charge on any atom is 0.189 e. The van der Waals surface area contributed by atoms with Crippen molar-refractivity contribution < 1.29 is 0 Å². The third-order valence-electron chi connectivity index (χ3n) is 10.00. The van der Waals surface area contributed by atoms with Crippen LogP contribution in [0.3, 0.4) is 0 Å². The summed E-state index contributed by atoms with van der Waals surface area (Å²) in [6, 6.07) is 57.0. The van der Waals surface area contributed by atoms with Gasteiger partial charge in [0.25, 0.3) is 0 Å². The van der Waals surface area contributed by atoms with Gasteiger partial charge in [0.05, 0.1) is 39.9 Å². The van der Waals surface area contributed by atoms with Crippen LogP contribution in [0.4, 0.5) is 5.69 Å². The van der Waals surface area contributed by atoms with Crippen LogP contribution in [0.25, 0.3) is 94.0 Å². The second-order valence-electron chi connectivity index (χ2n) is 13.1. The summed E-state index contributed by atoms with van der Waals surface area (Å²) in [7, 11) is 0. The van der Waals surface area contributed by atoms with E-state index in [1.807, 2.05) is 115 Å². The van der Waals surface area contributed by atoms with Crippen molar-refractivity contribution >= 4 is 49.3 Å². The maximum absolute atomic E-state index is 10.8. The molecule has 10 rings (SSSR count). The van der Waals surface area contributed by atoms with Gasteiger partial charge in [-0.2, -0.15) is 5.26 Å². The van der Waals surface area contributed by atoms with Crippen LogP contribution in [0.5, 0.6) is 0 Å². The Morgan fingerprint density at radius 3 is 1.63 bits per heavy atom. The van der Waals surface area contributed by atoms with Crippen molar-refractivity contribution in [1.29, 1.82) is 5.26 Å². The van der Waals surface area contributed by atoms with Crippen LogP contribution in [-0.2, 0) is 0 Å². The van der Waals surface area contributed by atoms with E-state index in [1.54, 1.807) is 0 Å². The Balaban J connectivity index is 1.21. The van der Waals surface area contributed by atoms with Crippen molar-refractivity contribution in [2.24, 2.45) is 0 Å². The topological polar surface area (TPSA) is 76.7 Å². The second-order valence-corrected chi connectivity index (χ2v) is 13.1. The summed E-state index contributed by atoms with van der Waals surface area (Å²) in [6.07, 6.45) is 0. The molecular weight excluding hydrogens is 663 g/mol. The lowest BCUT2D eigenvalue weighted by Crippen LogP contribution is -2.02. The van der Waals surface area contributed by atoms with Crippen molar-refractivity contribution in [2.75, 3.05) is 0 Å². The van der Waals surface area contributed by atoms with Crippen LogP contribution < -0.4 is 0 Å². The third kappa shape index (κ3) is 4.92. The molecule has 0 amide bonds. The summed E-state index contributed by atoms with van der Waals surface area (Å²) in [5, 5.41) is 15.2. The summed E-state index contributed by atoms with van der Waals surface area (Å²) in [6.45, 7) is 7.67. The van der Waals surface area contributed by atoms with E-state index in [4.69, 9.17) is 21.5 Å². The van der Waals surface area contributed by atoms with Crippen molar-refractivity contribution in [3.8, 4) is 51.6 Å². The van der Waals surface area contributed by atoms with Crippen LogP contribution >= 0.6 is 0 Å². The number of aromatic nitrogens is 5. The lowest BCUT2D eigenvalue weighted by atomic mass is 10.1. The van der Waals surface area contributed by atoms with Crippen LogP contribution in [0.2, 0.25) is 0 Å². The van der Waals surface area contributed by atoms with Crippen molar-refractivity contribution in [3.05, 3.63) is 181 Å². The zero-order valence-electron chi connectivity index (χ0n) is 28.7. The molecule has 0 unspecified atom stereocenters. The first-order valence-electron chi connectivity index (χ1n) is 17.5. The van der Waals surface area contributed by atoms with Crippen LogP contribution in [-0.4, -0.2) is 24.1 Å². The quantitative estimate of drug-likeness (QED) is 0.169. The van der Waals surface area contributed by atoms with Crippen LogP contribution in [0.15, 0.2) is 164 Å². The van der Waals surface area contributed by atoms with E-state index < -0.39 is 0 Å². The molecule has 7 nitrogen and oxygen atoms in total. The summed E-state index contributed by atoms with van der Waals surface area (Å²) >= 11 is 0. The molecule has 0 aliphatic carbocycles. The predicted octanol–water partition coefficient (Wildman–Crippen LogP) is 11.5. The second kappa shape index (κ2) is 12.4. The van der Waals surface area contributed by atoms with Crippen LogP contribution in [0, 0.1) is 17.9 Å². The smallest absolute Gasteiger partial charge is 0.189 e. The zero-order chi connectivity index (χ0) is 36.2. The molecule has 0 spiro atoms. The lowest BCUT2D eigenvalue weighted by molar-refractivity contribution is 1.07. The molecule has 0 N–H and O–H groups in total. The van der Waals surface area contributed by atoms with Crippen molar-refractivity contribution in [2.45, 2.75) is 0 Å². The molecule has 0 radical (unpaired) electrons. The van der Waals surface area contributed by atoms with Gasteiger partial charge in [-0.15, -0.1) is 0 Å². The minimum atomic E-state index is 0.487. The Bertz CT molecular complexity index is 3120. The van der Waals surface area contributed by atoms with Gasteiger partial charge < -0.3 is 9.13 Å². The Hall–Kier alpha value is -7.87. The van der Waals surface area contributed by atoms with E-state index >= 15 is 0 Å². The van der Waals surface area contributed by atoms with Gasteiger partial charge in [0.1, 0.15) is 6.07 Å². The van der Waals surface area contributed by atoms with Gasteiger partial charge in [-0.3, -0.25) is 0 Å². The number of fused-ring (bicyclic) bond motifs is 6. The number of hydrogen-bond donors (Lipinski definition) is 0. The monoisotopic (exact) mass is 689 g/mol. The zero-order valence-corrected chi connectivity index (χ0v) is 28.7. The number of nitriles is 1. The molecule has 0 saturated carbocycles. The lowest BCUT2D eigenvalue weighted by Gasteiger charge is -2.13. The summed E-state index contributed by atoms with van der Waals surface area (Å²) in [5.74, 6) is 1.61. The molecule has 0 bridgehead atoms. The maximum atomic E-state index is 10.8. The van der Waals surface area contributed by atoms with Crippen molar-refractivity contribution in [3.63, 3.8) is 0 Å². The SMILES string of the molecule is [C-]#[N+]c1cccc(-n2c3ccccc3c3cc4c5ccccc5n(-c5ccc(-c6nc(-c7ccccc7)nc(-c7ccccc7)n6)cc5C#N)c4cc32)c1. The molecule has 3 aromatic heterocycles. The first-order chi connectivity index (χ1) is 26.7. The molecule has 54 heavy (non-hydrogen) atoms. The Labute approximate surface area is 310 Å². The normalized spacial score (nSPS) is 11.3. The largest absolute Gasteiger partial charge is 0.310 e. The minimum absolute atomic E-state index is 0.487. The van der Waals surface area contributed by atoms with Crippen molar-refractivity contribution in [1.82, 2.24) is 24.1 Å². The molecule has 0 aliphatic heterocycles. The number of benzene rings is 7. The van der Waals surface area contributed by atoms with Gasteiger partial charge in [0, 0.05) is 43.9 Å². The molecule has 0 saturated heterocycles. The Kier molecular flexibility index (Phi) is 7.11. The molecule has 7 aromatic carbocycles.